The van der Waals surface area contributed by atoms with Crippen molar-refractivity contribution in [1.29, 1.82) is 0 Å². The smallest absolute Gasteiger partial charge is 0.0705 e. The van der Waals surface area contributed by atoms with Crippen LogP contribution in [-0.4, -0.2) is 4.98 Å². The van der Waals surface area contributed by atoms with Crippen molar-refractivity contribution < 1.29 is 0 Å². The molecule has 3 aromatic carbocycles. The van der Waals surface area contributed by atoms with Gasteiger partial charge in [0.1, 0.15) is 0 Å². The maximum Gasteiger partial charge on any atom is 0.0705 e. The molecule has 0 atom stereocenters. The number of aromatic nitrogens is 1. The van der Waals surface area contributed by atoms with Crippen LogP contribution in [0.3, 0.4) is 0 Å². The lowest BCUT2D eigenvalue weighted by atomic mass is 9.77. The lowest BCUT2D eigenvalue weighted by Gasteiger charge is -2.26. The zero-order valence-electron chi connectivity index (χ0n) is 15.8. The molecule has 0 bridgehead atoms. The van der Waals surface area contributed by atoms with Gasteiger partial charge < -0.3 is 0 Å². The molecule has 0 radical (unpaired) electrons. The van der Waals surface area contributed by atoms with Gasteiger partial charge in [0.2, 0.25) is 0 Å². The predicted octanol–water partition coefficient (Wildman–Crippen LogP) is 6.74. The van der Waals surface area contributed by atoms with Crippen molar-refractivity contribution in [2.45, 2.75) is 19.3 Å². The van der Waals surface area contributed by atoms with Gasteiger partial charge >= 0.3 is 0 Å². The molecule has 0 saturated heterocycles. The molecule has 132 valence electrons. The Morgan fingerprint density at radius 2 is 1.11 bits per heavy atom. The zero-order valence-corrected chi connectivity index (χ0v) is 15.8. The Kier molecular flexibility index (Phi) is 4.60. The third-order valence-corrected chi connectivity index (χ3v) is 5.26. The van der Waals surface area contributed by atoms with Gasteiger partial charge in [0, 0.05) is 17.2 Å². The van der Waals surface area contributed by atoms with Crippen molar-refractivity contribution in [2.75, 3.05) is 0 Å². The quantitative estimate of drug-likeness (QED) is 0.397. The number of benzene rings is 3. The first-order chi connectivity index (χ1) is 13.1. The fraction of sp³-hybridized carbons (Fsp3) is 0.115. The van der Waals surface area contributed by atoms with E-state index in [1.807, 2.05) is 12.3 Å². The molecule has 0 saturated carbocycles. The van der Waals surface area contributed by atoms with E-state index in [4.69, 9.17) is 0 Å². The normalized spacial score (nSPS) is 11.3. The van der Waals surface area contributed by atoms with Crippen LogP contribution in [0.4, 0.5) is 0 Å². The first kappa shape index (κ1) is 17.2. The number of rotatable bonds is 4. The van der Waals surface area contributed by atoms with Gasteiger partial charge in [-0.15, -0.1) is 0 Å². The van der Waals surface area contributed by atoms with Crippen LogP contribution < -0.4 is 0 Å². The monoisotopic (exact) mass is 349 g/mol. The van der Waals surface area contributed by atoms with Crippen LogP contribution in [0.5, 0.6) is 0 Å². The number of pyridine rings is 1. The highest BCUT2D eigenvalue weighted by Crippen LogP contribution is 2.34. The van der Waals surface area contributed by atoms with Gasteiger partial charge in [-0.3, -0.25) is 4.98 Å². The van der Waals surface area contributed by atoms with E-state index in [9.17, 15) is 0 Å². The predicted molar refractivity (Wildman–Crippen MR) is 114 cm³/mol. The highest BCUT2D eigenvalue weighted by Gasteiger charge is 2.23. The number of hydrogen-bond acceptors (Lipinski definition) is 1. The van der Waals surface area contributed by atoms with E-state index in [1.54, 1.807) is 0 Å². The van der Waals surface area contributed by atoms with E-state index in [0.29, 0.717) is 0 Å². The topological polar surface area (TPSA) is 12.9 Å². The molecule has 4 rings (SSSR count). The van der Waals surface area contributed by atoms with Crippen molar-refractivity contribution in [3.05, 3.63) is 114 Å². The molecule has 0 aliphatic carbocycles. The molecule has 0 N–H and O–H groups in total. The molecule has 1 nitrogen and oxygen atoms in total. The molecule has 27 heavy (non-hydrogen) atoms. The minimum Gasteiger partial charge on any atom is -0.256 e. The van der Waals surface area contributed by atoms with Crippen LogP contribution in [0.1, 0.15) is 25.0 Å². The summed E-state index contributed by atoms with van der Waals surface area (Å²) in [6.07, 6.45) is 1.91. The van der Waals surface area contributed by atoms with E-state index in [1.165, 1.54) is 22.3 Å². The Morgan fingerprint density at radius 1 is 0.556 bits per heavy atom. The van der Waals surface area contributed by atoms with E-state index < -0.39 is 0 Å². The Morgan fingerprint density at radius 3 is 1.74 bits per heavy atom. The molecule has 1 heteroatoms. The van der Waals surface area contributed by atoms with Crippen LogP contribution >= 0.6 is 0 Å². The first-order valence-electron chi connectivity index (χ1n) is 9.32. The lowest BCUT2D eigenvalue weighted by molar-refractivity contribution is 0.640. The molecule has 0 unspecified atom stereocenters. The Bertz CT molecular complexity index is 1020. The van der Waals surface area contributed by atoms with Crippen molar-refractivity contribution >= 4 is 0 Å². The lowest BCUT2D eigenvalue weighted by Crippen LogP contribution is -2.19. The second kappa shape index (κ2) is 7.20. The summed E-state index contributed by atoms with van der Waals surface area (Å²) in [5.41, 5.74) is 7.13. The third kappa shape index (κ3) is 3.54. The second-order valence-electron chi connectivity index (χ2n) is 7.36. The van der Waals surface area contributed by atoms with Gasteiger partial charge in [0.15, 0.2) is 0 Å². The minimum absolute atomic E-state index is 0.0955. The molecule has 1 aromatic heterocycles. The minimum atomic E-state index is -0.0955. The Balaban J connectivity index is 1.67. The van der Waals surface area contributed by atoms with Crippen LogP contribution in [0, 0.1) is 0 Å². The van der Waals surface area contributed by atoms with Gasteiger partial charge in [-0.1, -0.05) is 98.8 Å². The van der Waals surface area contributed by atoms with Crippen LogP contribution in [0.15, 0.2) is 103 Å². The Hall–Kier alpha value is -3.19. The fourth-order valence-electron chi connectivity index (χ4n) is 3.46. The molecule has 0 aliphatic heterocycles. The molecule has 4 aromatic rings. The maximum atomic E-state index is 4.57. The number of hydrogen-bond donors (Lipinski definition) is 0. The summed E-state index contributed by atoms with van der Waals surface area (Å²) in [6, 6.07) is 34.1. The van der Waals surface area contributed by atoms with Gasteiger partial charge in [-0.05, 0) is 34.4 Å². The summed E-state index contributed by atoms with van der Waals surface area (Å²) in [5, 5.41) is 0. The van der Waals surface area contributed by atoms with Gasteiger partial charge in [-0.2, -0.15) is 0 Å². The highest BCUT2D eigenvalue weighted by molar-refractivity contribution is 5.64. The van der Waals surface area contributed by atoms with Gasteiger partial charge in [0.25, 0.3) is 0 Å². The zero-order chi connectivity index (χ0) is 18.7. The summed E-state index contributed by atoms with van der Waals surface area (Å²) in [5.74, 6) is 0. The SMILES string of the molecule is CC(C)(c1ccc(-c2ccccc2)cc1)c1ccnc(-c2ccccc2)c1. The van der Waals surface area contributed by atoms with Crippen LogP contribution in [0.25, 0.3) is 22.4 Å². The summed E-state index contributed by atoms with van der Waals surface area (Å²) >= 11 is 0. The van der Waals surface area contributed by atoms with E-state index in [-0.39, 0.29) is 5.41 Å². The first-order valence-corrected chi connectivity index (χ1v) is 9.32. The summed E-state index contributed by atoms with van der Waals surface area (Å²) in [7, 11) is 0. The fourth-order valence-corrected chi connectivity index (χ4v) is 3.46. The summed E-state index contributed by atoms with van der Waals surface area (Å²) < 4.78 is 0. The molecule has 0 spiro atoms. The molecular formula is C26H23N. The van der Waals surface area contributed by atoms with E-state index in [0.717, 1.165) is 11.3 Å². The molecule has 0 amide bonds. The molecular weight excluding hydrogens is 326 g/mol. The van der Waals surface area contributed by atoms with Gasteiger partial charge in [-0.25, -0.2) is 0 Å². The summed E-state index contributed by atoms with van der Waals surface area (Å²) in [6.45, 7) is 4.54. The third-order valence-electron chi connectivity index (χ3n) is 5.26. The van der Waals surface area contributed by atoms with E-state index >= 15 is 0 Å². The van der Waals surface area contributed by atoms with Crippen molar-refractivity contribution in [3.63, 3.8) is 0 Å². The van der Waals surface area contributed by atoms with E-state index in [2.05, 4.69) is 110 Å². The van der Waals surface area contributed by atoms with Crippen LogP contribution in [-0.2, 0) is 5.41 Å². The molecule has 0 aliphatic rings. The molecule has 0 fully saturated rings. The average molecular weight is 349 g/mol. The van der Waals surface area contributed by atoms with Crippen LogP contribution in [0.2, 0.25) is 0 Å². The number of nitrogens with zero attached hydrogens (tertiary/aromatic N) is 1. The average Bonchev–Trinajstić information content (AvgIpc) is 2.75. The standard InChI is InChI=1S/C26H23N/c1-26(2,23-15-13-21(14-16-23)20-9-5-3-6-10-20)24-17-18-27-25(19-24)22-11-7-4-8-12-22/h3-19H,1-2H3. The van der Waals surface area contributed by atoms with Crippen molar-refractivity contribution in [1.82, 2.24) is 4.98 Å². The largest absolute Gasteiger partial charge is 0.256 e. The highest BCUT2D eigenvalue weighted by atomic mass is 14.7. The Labute approximate surface area is 161 Å². The van der Waals surface area contributed by atoms with Crippen molar-refractivity contribution in [3.8, 4) is 22.4 Å². The molecule has 1 heterocycles. The van der Waals surface area contributed by atoms with Crippen molar-refractivity contribution in [2.24, 2.45) is 0 Å². The summed E-state index contributed by atoms with van der Waals surface area (Å²) in [4.78, 5) is 4.57. The second-order valence-corrected chi connectivity index (χ2v) is 7.36. The maximum absolute atomic E-state index is 4.57. The van der Waals surface area contributed by atoms with Gasteiger partial charge in [0.05, 0.1) is 5.69 Å².